The highest BCUT2D eigenvalue weighted by Gasteiger charge is 2.49. The second-order valence-electron chi connectivity index (χ2n) is 11.0. The van der Waals surface area contributed by atoms with Crippen molar-refractivity contribution in [2.45, 2.75) is 56.5 Å². The van der Waals surface area contributed by atoms with Crippen LogP contribution in [0.1, 0.15) is 66.5 Å². The van der Waals surface area contributed by atoms with Crippen molar-refractivity contribution in [2.75, 3.05) is 5.32 Å². The number of carbonyl (C=O) groups excluding carboxylic acids is 1. The van der Waals surface area contributed by atoms with E-state index in [1.807, 2.05) is 35.9 Å². The lowest BCUT2D eigenvalue weighted by atomic mass is 9.57. The van der Waals surface area contributed by atoms with Gasteiger partial charge in [0.15, 0.2) is 0 Å². The minimum Gasteiger partial charge on any atom is -0.358 e. The van der Waals surface area contributed by atoms with Crippen LogP contribution in [0.3, 0.4) is 0 Å². The van der Waals surface area contributed by atoms with Crippen molar-refractivity contribution in [3.05, 3.63) is 70.5 Å². The molecule has 0 saturated heterocycles. The van der Waals surface area contributed by atoms with Crippen molar-refractivity contribution in [3.8, 4) is 6.07 Å². The highest BCUT2D eigenvalue weighted by atomic mass is 35.5. The Hall–Kier alpha value is -3.74. The lowest BCUT2D eigenvalue weighted by Gasteiger charge is -2.46. The first kappa shape index (κ1) is 24.6. The van der Waals surface area contributed by atoms with Gasteiger partial charge in [0.25, 0.3) is 5.91 Å². The summed E-state index contributed by atoms with van der Waals surface area (Å²) in [7, 11) is 1.93. The van der Waals surface area contributed by atoms with Crippen LogP contribution in [0.2, 0.25) is 5.02 Å². The lowest BCUT2D eigenvalue weighted by molar-refractivity contribution is 0.102. The smallest absolute Gasteiger partial charge is 0.274 e. The molecule has 2 fully saturated rings. The highest BCUT2D eigenvalue weighted by molar-refractivity contribution is 6.35. The molecule has 1 aromatic carbocycles. The second-order valence-corrected chi connectivity index (χ2v) is 11.4. The number of aromatic amines is 1. The molecule has 2 aliphatic rings. The SMILES string of the molecule is Cn1cnnc1[C@]1(c2cccc(NC(=O)c3cc(CNC4(C)CC4)c4[nH]cc(Cl)c4n3)c2)C[C@H](CC#N)C1. The van der Waals surface area contributed by atoms with Crippen molar-refractivity contribution in [1.29, 1.82) is 5.26 Å². The van der Waals surface area contributed by atoms with Crippen LogP contribution in [-0.2, 0) is 19.0 Å². The largest absolute Gasteiger partial charge is 0.358 e. The van der Waals surface area contributed by atoms with E-state index in [9.17, 15) is 10.1 Å². The molecule has 3 aromatic heterocycles. The van der Waals surface area contributed by atoms with Crippen LogP contribution in [0, 0.1) is 17.2 Å². The third-order valence-corrected chi connectivity index (χ3v) is 8.36. The van der Waals surface area contributed by atoms with E-state index in [1.165, 1.54) is 0 Å². The number of nitrogens with one attached hydrogen (secondary N) is 3. The number of amides is 1. The first-order chi connectivity index (χ1) is 18.3. The van der Waals surface area contributed by atoms with Gasteiger partial charge in [0.2, 0.25) is 0 Å². The molecular weight excluding hydrogens is 500 g/mol. The summed E-state index contributed by atoms with van der Waals surface area (Å²) in [5, 5.41) is 24.8. The van der Waals surface area contributed by atoms with Crippen LogP contribution in [0.5, 0.6) is 0 Å². The normalized spacial score (nSPS) is 21.6. The number of nitriles is 1. The Labute approximate surface area is 225 Å². The number of halogens is 1. The fourth-order valence-corrected chi connectivity index (χ4v) is 5.81. The van der Waals surface area contributed by atoms with Gasteiger partial charge in [0.1, 0.15) is 23.4 Å². The number of pyridine rings is 1. The molecule has 0 unspecified atom stereocenters. The zero-order valence-electron chi connectivity index (χ0n) is 21.4. The van der Waals surface area contributed by atoms with Gasteiger partial charge in [-0.25, -0.2) is 4.98 Å². The molecule has 194 valence electrons. The molecule has 0 radical (unpaired) electrons. The molecule has 4 aromatic rings. The number of H-pyrrole nitrogens is 1. The van der Waals surface area contributed by atoms with Gasteiger partial charge in [-0.2, -0.15) is 5.26 Å². The number of carbonyl (C=O) groups is 1. The number of aromatic nitrogens is 5. The van der Waals surface area contributed by atoms with Crippen molar-refractivity contribution in [1.82, 2.24) is 30.0 Å². The minimum absolute atomic E-state index is 0.154. The molecule has 1 amide bonds. The molecule has 3 N–H and O–H groups in total. The van der Waals surface area contributed by atoms with Gasteiger partial charge in [0.05, 0.1) is 22.0 Å². The van der Waals surface area contributed by atoms with Gasteiger partial charge in [-0.05, 0) is 67.9 Å². The first-order valence-electron chi connectivity index (χ1n) is 12.9. The van der Waals surface area contributed by atoms with Gasteiger partial charge in [-0.1, -0.05) is 23.7 Å². The maximum Gasteiger partial charge on any atom is 0.274 e. The number of anilines is 1. The molecule has 2 saturated carbocycles. The minimum atomic E-state index is -0.346. The number of benzene rings is 1. The first-order valence-corrected chi connectivity index (χ1v) is 13.2. The lowest BCUT2D eigenvalue weighted by Crippen LogP contribution is -2.44. The molecule has 6 rings (SSSR count). The molecule has 2 aliphatic carbocycles. The maximum absolute atomic E-state index is 13.4. The summed E-state index contributed by atoms with van der Waals surface area (Å²) in [5.74, 6) is 0.872. The monoisotopic (exact) mass is 528 g/mol. The number of fused-ring (bicyclic) bond motifs is 1. The van der Waals surface area contributed by atoms with E-state index in [1.54, 1.807) is 12.5 Å². The number of aryl methyl sites for hydroxylation is 1. The van der Waals surface area contributed by atoms with E-state index < -0.39 is 0 Å². The van der Waals surface area contributed by atoms with Crippen LogP contribution in [0.25, 0.3) is 11.0 Å². The highest BCUT2D eigenvalue weighted by Crippen LogP contribution is 2.53. The van der Waals surface area contributed by atoms with Gasteiger partial charge < -0.3 is 20.2 Å². The molecule has 0 bridgehead atoms. The topological polar surface area (TPSA) is 124 Å². The predicted molar refractivity (Wildman–Crippen MR) is 145 cm³/mol. The Morgan fingerprint density at radius 2 is 2.13 bits per heavy atom. The summed E-state index contributed by atoms with van der Waals surface area (Å²) in [5.41, 5.74) is 4.21. The van der Waals surface area contributed by atoms with Crippen LogP contribution < -0.4 is 10.6 Å². The van der Waals surface area contributed by atoms with Crippen molar-refractivity contribution in [2.24, 2.45) is 13.0 Å². The molecule has 10 heteroatoms. The van der Waals surface area contributed by atoms with Crippen LogP contribution in [0.15, 0.2) is 42.9 Å². The van der Waals surface area contributed by atoms with E-state index in [-0.39, 0.29) is 16.9 Å². The Morgan fingerprint density at radius 3 is 2.84 bits per heavy atom. The summed E-state index contributed by atoms with van der Waals surface area (Å²) in [6, 6.07) is 12.0. The Kier molecular flexibility index (Phi) is 5.97. The average molecular weight is 529 g/mol. The third kappa shape index (κ3) is 4.34. The Bertz CT molecular complexity index is 1570. The number of hydrogen-bond donors (Lipinski definition) is 3. The van der Waals surface area contributed by atoms with Crippen LogP contribution >= 0.6 is 11.6 Å². The van der Waals surface area contributed by atoms with E-state index in [4.69, 9.17) is 11.6 Å². The van der Waals surface area contributed by atoms with Gasteiger partial charge in [-0.3, -0.25) is 4.79 Å². The predicted octanol–water partition coefficient (Wildman–Crippen LogP) is 4.85. The molecule has 0 atom stereocenters. The summed E-state index contributed by atoms with van der Waals surface area (Å²) >= 11 is 6.39. The zero-order valence-corrected chi connectivity index (χ0v) is 22.1. The summed E-state index contributed by atoms with van der Waals surface area (Å²) in [4.78, 5) is 21.2. The van der Waals surface area contributed by atoms with Gasteiger partial charge in [0, 0.05) is 37.4 Å². The number of rotatable bonds is 8. The number of hydrogen-bond acceptors (Lipinski definition) is 6. The quantitative estimate of drug-likeness (QED) is 0.300. The fraction of sp³-hybridized carbons (Fsp3) is 0.393. The van der Waals surface area contributed by atoms with Gasteiger partial charge in [-0.15, -0.1) is 10.2 Å². The molecule has 9 nitrogen and oxygen atoms in total. The molecule has 0 aliphatic heterocycles. The van der Waals surface area contributed by atoms with E-state index >= 15 is 0 Å². The number of nitrogens with zero attached hydrogens (tertiary/aromatic N) is 5. The maximum atomic E-state index is 13.4. The van der Waals surface area contributed by atoms with Crippen LogP contribution in [0.4, 0.5) is 5.69 Å². The van der Waals surface area contributed by atoms with Crippen molar-refractivity contribution in [3.63, 3.8) is 0 Å². The standard InChI is InChI=1S/C28H29ClN8O/c1-27(7-8-27)32-14-18-10-22(35-24-21(29)15-31-23(18)24)25(38)34-20-5-3-4-19(11-20)28(12-17(13-28)6-9-30)26-36-33-16-37(26)2/h3-5,10-11,15-17,31-32H,6-8,12-14H2,1-2H3,(H,34,38)/t17-,28+. The van der Waals surface area contributed by atoms with E-state index in [0.29, 0.717) is 40.8 Å². The zero-order chi connectivity index (χ0) is 26.5. The van der Waals surface area contributed by atoms with Crippen LogP contribution in [-0.4, -0.2) is 36.2 Å². The fourth-order valence-electron chi connectivity index (χ4n) is 5.62. The van der Waals surface area contributed by atoms with Gasteiger partial charge >= 0.3 is 0 Å². The second kappa shape index (κ2) is 9.22. The van der Waals surface area contributed by atoms with E-state index in [2.05, 4.69) is 49.9 Å². The molecule has 38 heavy (non-hydrogen) atoms. The summed E-state index contributed by atoms with van der Waals surface area (Å²) in [6.07, 6.45) is 7.82. The Morgan fingerprint density at radius 1 is 1.32 bits per heavy atom. The van der Waals surface area contributed by atoms with Crippen molar-refractivity contribution < 1.29 is 4.79 Å². The molecule has 0 spiro atoms. The average Bonchev–Trinajstić information content (AvgIpc) is 3.27. The molecular formula is C28H29ClN8O. The summed E-state index contributed by atoms with van der Waals surface area (Å²) in [6.45, 7) is 2.82. The Balaban J connectivity index is 1.28. The van der Waals surface area contributed by atoms with Crippen molar-refractivity contribution >= 4 is 34.2 Å². The molecule has 3 heterocycles. The summed E-state index contributed by atoms with van der Waals surface area (Å²) < 4.78 is 1.94. The third-order valence-electron chi connectivity index (χ3n) is 8.08. The van der Waals surface area contributed by atoms with E-state index in [0.717, 1.165) is 48.2 Å².